The number of nitrogens with zero attached hydrogens (tertiary/aromatic N) is 5. The number of nitro groups is 1. The second kappa shape index (κ2) is 6.12. The topological polar surface area (TPSA) is 76.6 Å². The SMILES string of the molecule is O=[N+]([O-])c1ccc(F)cc1N1CCCC(c2nnc3ccccn23)C1. The van der Waals surface area contributed by atoms with Crippen molar-refractivity contribution >= 4 is 17.0 Å². The maximum Gasteiger partial charge on any atom is 0.292 e. The number of halogens is 1. The lowest BCUT2D eigenvalue weighted by molar-refractivity contribution is -0.384. The molecule has 1 atom stereocenters. The van der Waals surface area contributed by atoms with Gasteiger partial charge in [0.15, 0.2) is 5.65 Å². The van der Waals surface area contributed by atoms with Gasteiger partial charge in [0.2, 0.25) is 0 Å². The van der Waals surface area contributed by atoms with Gasteiger partial charge < -0.3 is 4.90 Å². The van der Waals surface area contributed by atoms with Gasteiger partial charge in [-0.1, -0.05) is 6.07 Å². The van der Waals surface area contributed by atoms with Crippen molar-refractivity contribution in [2.45, 2.75) is 18.8 Å². The zero-order chi connectivity index (χ0) is 17.4. The fraction of sp³-hybridized carbons (Fsp3) is 0.294. The molecule has 1 fully saturated rings. The Hall–Kier alpha value is -3.03. The van der Waals surface area contributed by atoms with Gasteiger partial charge in [0.1, 0.15) is 17.3 Å². The van der Waals surface area contributed by atoms with Crippen molar-refractivity contribution in [1.82, 2.24) is 14.6 Å². The van der Waals surface area contributed by atoms with Gasteiger partial charge >= 0.3 is 0 Å². The Balaban J connectivity index is 1.68. The molecule has 0 spiro atoms. The van der Waals surface area contributed by atoms with Gasteiger partial charge in [0, 0.05) is 37.3 Å². The largest absolute Gasteiger partial charge is 0.365 e. The zero-order valence-corrected chi connectivity index (χ0v) is 13.4. The summed E-state index contributed by atoms with van der Waals surface area (Å²) in [6.45, 7) is 1.19. The van der Waals surface area contributed by atoms with E-state index in [-0.39, 0.29) is 11.6 Å². The molecule has 0 N–H and O–H groups in total. The summed E-state index contributed by atoms with van der Waals surface area (Å²) in [5, 5.41) is 19.8. The molecule has 1 aliphatic heterocycles. The molecule has 0 amide bonds. The first kappa shape index (κ1) is 15.5. The lowest BCUT2D eigenvalue weighted by Gasteiger charge is -2.33. The summed E-state index contributed by atoms with van der Waals surface area (Å²) in [7, 11) is 0. The molecular formula is C17H16FN5O2. The maximum absolute atomic E-state index is 13.7. The van der Waals surface area contributed by atoms with Gasteiger partial charge in [0.25, 0.3) is 5.69 Å². The molecule has 3 heterocycles. The van der Waals surface area contributed by atoms with E-state index < -0.39 is 10.7 Å². The Labute approximate surface area is 142 Å². The molecule has 0 radical (unpaired) electrons. The Morgan fingerprint density at radius 2 is 2.12 bits per heavy atom. The van der Waals surface area contributed by atoms with Crippen LogP contribution in [0.2, 0.25) is 0 Å². The molecule has 1 aliphatic rings. The lowest BCUT2D eigenvalue weighted by atomic mass is 9.96. The van der Waals surface area contributed by atoms with Crippen LogP contribution in [0.15, 0.2) is 42.6 Å². The predicted octanol–water partition coefficient (Wildman–Crippen LogP) is 3.16. The highest BCUT2D eigenvalue weighted by molar-refractivity contribution is 5.63. The molecule has 8 heteroatoms. The van der Waals surface area contributed by atoms with E-state index in [0.717, 1.165) is 30.4 Å². The summed E-state index contributed by atoms with van der Waals surface area (Å²) in [5.74, 6) is 0.434. The summed E-state index contributed by atoms with van der Waals surface area (Å²) in [6, 6.07) is 9.28. The zero-order valence-electron chi connectivity index (χ0n) is 13.4. The van der Waals surface area contributed by atoms with E-state index >= 15 is 0 Å². The molecule has 1 saturated heterocycles. The van der Waals surface area contributed by atoms with Crippen LogP contribution in [0.3, 0.4) is 0 Å². The van der Waals surface area contributed by atoms with E-state index in [0.29, 0.717) is 18.8 Å². The van der Waals surface area contributed by atoms with Crippen LogP contribution >= 0.6 is 0 Å². The molecule has 128 valence electrons. The minimum atomic E-state index is -0.476. The first-order valence-electron chi connectivity index (χ1n) is 8.12. The van der Waals surface area contributed by atoms with Gasteiger partial charge in [-0.15, -0.1) is 10.2 Å². The van der Waals surface area contributed by atoms with E-state index in [2.05, 4.69) is 10.2 Å². The van der Waals surface area contributed by atoms with Crippen LogP contribution in [0.5, 0.6) is 0 Å². The first-order valence-corrected chi connectivity index (χ1v) is 8.12. The van der Waals surface area contributed by atoms with E-state index in [1.807, 2.05) is 33.7 Å². The number of pyridine rings is 1. The second-order valence-electron chi connectivity index (χ2n) is 6.16. The highest BCUT2D eigenvalue weighted by Gasteiger charge is 2.29. The molecule has 1 unspecified atom stereocenters. The highest BCUT2D eigenvalue weighted by Crippen LogP contribution is 2.34. The molecule has 2 aromatic heterocycles. The summed E-state index contributed by atoms with van der Waals surface area (Å²) in [4.78, 5) is 12.7. The fourth-order valence-corrected chi connectivity index (χ4v) is 3.45. The number of nitro benzene ring substituents is 1. The van der Waals surface area contributed by atoms with E-state index in [9.17, 15) is 14.5 Å². The molecule has 3 aromatic rings. The number of piperidine rings is 1. The van der Waals surface area contributed by atoms with Crippen LogP contribution in [-0.2, 0) is 0 Å². The Bertz CT molecular complexity index is 942. The third-order valence-electron chi connectivity index (χ3n) is 4.60. The number of rotatable bonds is 3. The summed E-state index contributed by atoms with van der Waals surface area (Å²) in [5.41, 5.74) is 1.02. The normalized spacial score (nSPS) is 17.8. The van der Waals surface area contributed by atoms with Crippen LogP contribution in [-0.4, -0.2) is 32.6 Å². The first-order chi connectivity index (χ1) is 12.1. The molecule has 1 aromatic carbocycles. The number of fused-ring (bicyclic) bond motifs is 1. The van der Waals surface area contributed by atoms with Crippen LogP contribution in [0.1, 0.15) is 24.6 Å². The van der Waals surface area contributed by atoms with Crippen LogP contribution in [0.25, 0.3) is 5.65 Å². The van der Waals surface area contributed by atoms with Gasteiger partial charge in [-0.3, -0.25) is 14.5 Å². The third-order valence-corrected chi connectivity index (χ3v) is 4.60. The van der Waals surface area contributed by atoms with E-state index in [1.165, 1.54) is 12.1 Å². The summed E-state index contributed by atoms with van der Waals surface area (Å²) >= 11 is 0. The fourth-order valence-electron chi connectivity index (χ4n) is 3.45. The average Bonchev–Trinajstić information content (AvgIpc) is 3.05. The lowest BCUT2D eigenvalue weighted by Crippen LogP contribution is -2.35. The molecule has 25 heavy (non-hydrogen) atoms. The van der Waals surface area contributed by atoms with Crippen molar-refractivity contribution in [2.24, 2.45) is 0 Å². The van der Waals surface area contributed by atoms with Crippen molar-refractivity contribution in [2.75, 3.05) is 18.0 Å². The quantitative estimate of drug-likeness (QED) is 0.540. The summed E-state index contributed by atoms with van der Waals surface area (Å²) in [6.07, 6.45) is 3.67. The van der Waals surface area contributed by atoms with Crippen molar-refractivity contribution in [3.05, 3.63) is 64.4 Å². The molecule has 0 aliphatic carbocycles. The third kappa shape index (κ3) is 2.79. The molecule has 4 rings (SSSR count). The molecular weight excluding hydrogens is 325 g/mol. The minimum absolute atomic E-state index is 0.0758. The Morgan fingerprint density at radius 1 is 1.24 bits per heavy atom. The predicted molar refractivity (Wildman–Crippen MR) is 90.2 cm³/mol. The number of hydrogen-bond donors (Lipinski definition) is 0. The van der Waals surface area contributed by atoms with E-state index in [4.69, 9.17) is 0 Å². The Morgan fingerprint density at radius 3 is 2.96 bits per heavy atom. The standard InChI is InChI=1S/C17H16FN5O2/c18-13-6-7-14(23(24)25)15(10-13)21-8-3-4-12(11-21)17-20-19-16-5-1-2-9-22(16)17/h1-2,5-7,9-10,12H,3-4,8,11H2. The van der Waals surface area contributed by atoms with Crippen LogP contribution < -0.4 is 4.90 Å². The van der Waals surface area contributed by atoms with Crippen molar-refractivity contribution in [3.63, 3.8) is 0 Å². The summed E-state index contributed by atoms with van der Waals surface area (Å²) < 4.78 is 15.6. The number of aromatic nitrogens is 3. The molecule has 7 nitrogen and oxygen atoms in total. The Kier molecular flexibility index (Phi) is 3.79. The van der Waals surface area contributed by atoms with Gasteiger partial charge in [0.05, 0.1) is 4.92 Å². The van der Waals surface area contributed by atoms with Crippen LogP contribution in [0.4, 0.5) is 15.8 Å². The number of hydrogen-bond acceptors (Lipinski definition) is 5. The van der Waals surface area contributed by atoms with Gasteiger partial charge in [-0.25, -0.2) is 4.39 Å². The van der Waals surface area contributed by atoms with Gasteiger partial charge in [-0.05, 0) is 31.0 Å². The number of benzene rings is 1. The van der Waals surface area contributed by atoms with E-state index in [1.54, 1.807) is 0 Å². The number of anilines is 1. The average molecular weight is 341 g/mol. The van der Waals surface area contributed by atoms with Crippen LogP contribution in [0, 0.1) is 15.9 Å². The van der Waals surface area contributed by atoms with Crippen molar-refractivity contribution in [3.8, 4) is 0 Å². The minimum Gasteiger partial charge on any atom is -0.365 e. The monoisotopic (exact) mass is 341 g/mol. The van der Waals surface area contributed by atoms with Gasteiger partial charge in [-0.2, -0.15) is 0 Å². The smallest absolute Gasteiger partial charge is 0.292 e. The van der Waals surface area contributed by atoms with Crippen molar-refractivity contribution < 1.29 is 9.31 Å². The molecule has 0 bridgehead atoms. The molecule has 0 saturated carbocycles. The highest BCUT2D eigenvalue weighted by atomic mass is 19.1. The maximum atomic E-state index is 13.7. The van der Waals surface area contributed by atoms with Crippen molar-refractivity contribution in [1.29, 1.82) is 0 Å². The second-order valence-corrected chi connectivity index (χ2v) is 6.16.